The number of amides is 1. The van der Waals surface area contributed by atoms with Gasteiger partial charge in [0.15, 0.2) is 0 Å². The van der Waals surface area contributed by atoms with Gasteiger partial charge in [0.25, 0.3) is 0 Å². The lowest BCUT2D eigenvalue weighted by Gasteiger charge is -2.35. The van der Waals surface area contributed by atoms with E-state index in [1.807, 2.05) is 55.8 Å². The van der Waals surface area contributed by atoms with Crippen LogP contribution in [0.25, 0.3) is 0 Å². The van der Waals surface area contributed by atoms with Crippen LogP contribution in [0.5, 0.6) is 0 Å². The summed E-state index contributed by atoms with van der Waals surface area (Å²) in [5.41, 5.74) is 3.93. The number of benzene rings is 1. The number of aliphatic carboxylic acids is 1. The molecule has 0 saturated carbocycles. The molecule has 0 bridgehead atoms. The Morgan fingerprint density at radius 2 is 1.96 bits per heavy atom. The van der Waals surface area contributed by atoms with E-state index in [0.29, 0.717) is 13.0 Å². The maximum Gasteiger partial charge on any atom is 0.326 e. The quantitative estimate of drug-likeness (QED) is 0.927. The van der Waals surface area contributed by atoms with Crippen LogP contribution < -0.4 is 0 Å². The zero-order valence-electron chi connectivity index (χ0n) is 14.8. The van der Waals surface area contributed by atoms with Gasteiger partial charge in [-0.05, 0) is 38.0 Å². The van der Waals surface area contributed by atoms with Gasteiger partial charge in [-0.1, -0.05) is 24.3 Å². The number of carbonyl (C=O) groups is 2. The molecule has 6 heteroatoms. The van der Waals surface area contributed by atoms with Gasteiger partial charge in [0.1, 0.15) is 6.04 Å². The van der Waals surface area contributed by atoms with Gasteiger partial charge >= 0.3 is 5.97 Å². The Kier molecular flexibility index (Phi) is 4.61. The third-order valence-corrected chi connectivity index (χ3v) is 4.79. The fourth-order valence-corrected chi connectivity index (χ4v) is 3.55. The minimum atomic E-state index is -0.957. The first-order valence-electron chi connectivity index (χ1n) is 8.48. The van der Waals surface area contributed by atoms with Gasteiger partial charge in [-0.15, -0.1) is 0 Å². The highest BCUT2D eigenvalue weighted by Gasteiger charge is 2.35. The first-order valence-corrected chi connectivity index (χ1v) is 8.48. The molecule has 0 saturated heterocycles. The Labute approximate surface area is 147 Å². The van der Waals surface area contributed by atoms with E-state index < -0.39 is 12.0 Å². The maximum absolute atomic E-state index is 12.8. The fraction of sp³-hybridized carbons (Fsp3) is 0.421. The van der Waals surface area contributed by atoms with E-state index in [1.54, 1.807) is 0 Å². The molecule has 2 aromatic rings. The Balaban J connectivity index is 1.80. The number of rotatable bonds is 4. The minimum Gasteiger partial charge on any atom is -0.480 e. The Morgan fingerprint density at radius 3 is 2.56 bits per heavy atom. The van der Waals surface area contributed by atoms with Crippen molar-refractivity contribution >= 4 is 11.9 Å². The Morgan fingerprint density at radius 1 is 1.28 bits per heavy atom. The standard InChI is InChI=1S/C19H23N3O3/c1-12-8-13(2)22(20-12)14(3)9-18(23)21-11-16-7-5-4-6-15(16)10-17(21)19(24)25/h4-8,14,17H,9-11H2,1-3H3,(H,24,25)/t14-,17-/m0/s1. The number of hydrogen-bond donors (Lipinski definition) is 1. The average Bonchev–Trinajstić information content (AvgIpc) is 2.92. The smallest absolute Gasteiger partial charge is 0.326 e. The van der Waals surface area contributed by atoms with E-state index in [2.05, 4.69) is 5.10 Å². The number of fused-ring (bicyclic) bond motifs is 1. The highest BCUT2D eigenvalue weighted by atomic mass is 16.4. The summed E-state index contributed by atoms with van der Waals surface area (Å²) in [5.74, 6) is -1.11. The van der Waals surface area contributed by atoms with Crippen LogP contribution in [0.3, 0.4) is 0 Å². The molecular formula is C19H23N3O3. The van der Waals surface area contributed by atoms with E-state index in [4.69, 9.17) is 0 Å². The molecule has 0 fully saturated rings. The van der Waals surface area contributed by atoms with Crippen molar-refractivity contribution in [2.75, 3.05) is 0 Å². The molecule has 0 radical (unpaired) electrons. The summed E-state index contributed by atoms with van der Waals surface area (Å²) in [5, 5.41) is 14.0. The molecule has 0 spiro atoms. The maximum atomic E-state index is 12.8. The molecule has 1 aromatic carbocycles. The van der Waals surface area contributed by atoms with E-state index in [1.165, 1.54) is 4.90 Å². The topological polar surface area (TPSA) is 75.4 Å². The fourth-order valence-electron chi connectivity index (χ4n) is 3.55. The third-order valence-electron chi connectivity index (χ3n) is 4.79. The van der Waals surface area contributed by atoms with Crippen LogP contribution >= 0.6 is 0 Å². The SMILES string of the molecule is Cc1cc(C)n([C@@H](C)CC(=O)N2Cc3ccccc3C[C@H]2C(=O)O)n1. The van der Waals surface area contributed by atoms with Gasteiger partial charge < -0.3 is 10.0 Å². The van der Waals surface area contributed by atoms with Crippen LogP contribution in [0.1, 0.15) is 41.9 Å². The third kappa shape index (κ3) is 3.43. The first-order chi connectivity index (χ1) is 11.9. The predicted octanol–water partition coefficient (Wildman–Crippen LogP) is 2.49. The van der Waals surface area contributed by atoms with Crippen LogP contribution in [-0.4, -0.2) is 37.7 Å². The summed E-state index contributed by atoms with van der Waals surface area (Å²) < 4.78 is 1.83. The van der Waals surface area contributed by atoms with Gasteiger partial charge in [0.05, 0.1) is 11.7 Å². The number of hydrogen-bond acceptors (Lipinski definition) is 3. The summed E-state index contributed by atoms with van der Waals surface area (Å²) >= 11 is 0. The van der Waals surface area contributed by atoms with Crippen LogP contribution in [0.2, 0.25) is 0 Å². The van der Waals surface area contributed by atoms with Crippen LogP contribution in [0.4, 0.5) is 0 Å². The molecule has 1 N–H and O–H groups in total. The molecule has 3 rings (SSSR count). The largest absolute Gasteiger partial charge is 0.480 e. The lowest BCUT2D eigenvalue weighted by molar-refractivity contribution is -0.151. The van der Waals surface area contributed by atoms with Gasteiger partial charge in [0.2, 0.25) is 5.91 Å². The van der Waals surface area contributed by atoms with Gasteiger partial charge in [-0.2, -0.15) is 5.10 Å². The van der Waals surface area contributed by atoms with E-state index >= 15 is 0 Å². The molecule has 1 amide bonds. The number of aryl methyl sites for hydroxylation is 2. The first kappa shape index (κ1) is 17.2. The predicted molar refractivity (Wildman–Crippen MR) is 93.1 cm³/mol. The summed E-state index contributed by atoms with van der Waals surface area (Å²) in [7, 11) is 0. The molecular weight excluding hydrogens is 318 g/mol. The van der Waals surface area contributed by atoms with E-state index in [0.717, 1.165) is 22.5 Å². The normalized spacial score (nSPS) is 17.9. The molecule has 1 aromatic heterocycles. The Bertz CT molecular complexity index is 812. The molecule has 2 heterocycles. The summed E-state index contributed by atoms with van der Waals surface area (Å²) in [6.07, 6.45) is 0.583. The van der Waals surface area contributed by atoms with Crippen molar-refractivity contribution in [2.24, 2.45) is 0 Å². The molecule has 0 aliphatic carbocycles. The highest BCUT2D eigenvalue weighted by Crippen LogP contribution is 2.26. The van der Waals surface area contributed by atoms with Crippen LogP contribution in [-0.2, 0) is 22.6 Å². The summed E-state index contributed by atoms with van der Waals surface area (Å²) in [4.78, 5) is 26.0. The van der Waals surface area contributed by atoms with Crippen LogP contribution in [0.15, 0.2) is 30.3 Å². The lowest BCUT2D eigenvalue weighted by atomic mass is 9.93. The molecule has 25 heavy (non-hydrogen) atoms. The summed E-state index contributed by atoms with van der Waals surface area (Å²) in [6.45, 7) is 6.15. The van der Waals surface area contributed by atoms with Crippen molar-refractivity contribution in [3.8, 4) is 0 Å². The summed E-state index contributed by atoms with van der Waals surface area (Å²) in [6, 6.07) is 8.76. The van der Waals surface area contributed by atoms with Gasteiger partial charge in [0, 0.05) is 25.1 Å². The van der Waals surface area contributed by atoms with Crippen LogP contribution in [0, 0.1) is 13.8 Å². The molecule has 1 aliphatic heterocycles. The minimum absolute atomic E-state index is 0.118. The molecule has 1 aliphatic rings. The number of aromatic nitrogens is 2. The van der Waals surface area contributed by atoms with Crippen molar-refractivity contribution in [1.29, 1.82) is 0 Å². The van der Waals surface area contributed by atoms with E-state index in [9.17, 15) is 14.7 Å². The van der Waals surface area contributed by atoms with Crippen molar-refractivity contribution in [3.05, 3.63) is 52.8 Å². The second-order valence-corrected chi connectivity index (χ2v) is 6.77. The Hall–Kier alpha value is -2.63. The number of carboxylic acid groups (broad SMARTS) is 1. The second kappa shape index (κ2) is 6.70. The second-order valence-electron chi connectivity index (χ2n) is 6.77. The lowest BCUT2D eigenvalue weighted by Crippen LogP contribution is -2.49. The van der Waals surface area contributed by atoms with Gasteiger partial charge in [-0.3, -0.25) is 9.48 Å². The molecule has 2 atom stereocenters. The zero-order chi connectivity index (χ0) is 18.1. The molecule has 132 valence electrons. The van der Waals surface area contributed by atoms with Crippen molar-refractivity contribution in [1.82, 2.24) is 14.7 Å². The number of carbonyl (C=O) groups excluding carboxylic acids is 1. The van der Waals surface area contributed by atoms with Crippen molar-refractivity contribution < 1.29 is 14.7 Å². The number of carboxylic acids is 1. The molecule has 0 unspecified atom stereocenters. The monoisotopic (exact) mass is 341 g/mol. The van der Waals surface area contributed by atoms with Gasteiger partial charge in [-0.25, -0.2) is 4.79 Å². The van der Waals surface area contributed by atoms with Crippen molar-refractivity contribution in [2.45, 2.75) is 52.2 Å². The number of nitrogens with zero attached hydrogens (tertiary/aromatic N) is 3. The molecule has 6 nitrogen and oxygen atoms in total. The van der Waals surface area contributed by atoms with E-state index in [-0.39, 0.29) is 18.4 Å². The highest BCUT2D eigenvalue weighted by molar-refractivity contribution is 5.84. The zero-order valence-corrected chi connectivity index (χ0v) is 14.8. The van der Waals surface area contributed by atoms with Crippen molar-refractivity contribution in [3.63, 3.8) is 0 Å². The average molecular weight is 341 g/mol.